The van der Waals surface area contributed by atoms with E-state index in [9.17, 15) is 13.2 Å². The van der Waals surface area contributed by atoms with Crippen LogP contribution in [0.2, 0.25) is 0 Å². The van der Waals surface area contributed by atoms with Crippen LogP contribution in [0.1, 0.15) is 11.3 Å². The second-order valence-corrected chi connectivity index (χ2v) is 9.84. The number of furan rings is 1. The van der Waals surface area contributed by atoms with Gasteiger partial charge in [-0.15, -0.1) is 11.3 Å². The number of thiazole rings is 1. The maximum Gasteiger partial charge on any atom is 0.250 e. The summed E-state index contributed by atoms with van der Waals surface area (Å²) in [6.07, 6.45) is 4.42. The molecular formula is C24H20N2O5S2. The highest BCUT2D eigenvalue weighted by atomic mass is 32.2. The molecule has 4 rings (SSSR count). The molecule has 7 nitrogen and oxygen atoms in total. The van der Waals surface area contributed by atoms with Gasteiger partial charge in [-0.05, 0) is 60.2 Å². The van der Waals surface area contributed by atoms with Crippen molar-refractivity contribution in [2.75, 3.05) is 12.4 Å². The van der Waals surface area contributed by atoms with Crippen molar-refractivity contribution in [3.63, 3.8) is 0 Å². The second-order valence-electron chi connectivity index (χ2n) is 7.00. The maximum absolute atomic E-state index is 12.5. The molecule has 33 heavy (non-hydrogen) atoms. The predicted octanol–water partition coefficient (Wildman–Crippen LogP) is 5.04. The van der Waals surface area contributed by atoms with Crippen molar-refractivity contribution < 1.29 is 22.4 Å². The molecule has 168 valence electrons. The van der Waals surface area contributed by atoms with E-state index in [4.69, 9.17) is 9.15 Å². The number of aromatic nitrogens is 1. The Hall–Kier alpha value is -3.69. The van der Waals surface area contributed by atoms with Crippen LogP contribution in [0.15, 0.2) is 87.7 Å². The number of nitrogens with one attached hydrogen (secondary N) is 1. The Morgan fingerprint density at radius 3 is 2.55 bits per heavy atom. The zero-order valence-electron chi connectivity index (χ0n) is 17.6. The molecule has 0 fully saturated rings. The summed E-state index contributed by atoms with van der Waals surface area (Å²) in [4.78, 5) is 16.9. The largest absolute Gasteiger partial charge is 0.497 e. The first kappa shape index (κ1) is 22.5. The van der Waals surface area contributed by atoms with Crippen LogP contribution in [0.3, 0.4) is 0 Å². The van der Waals surface area contributed by atoms with Gasteiger partial charge in [-0.1, -0.05) is 12.1 Å². The Morgan fingerprint density at radius 2 is 1.88 bits per heavy atom. The SMILES string of the molecule is COc1ccc(-c2csc(NC(=O)/C=C/c3ccc(S(=O)(=O)Cc4ccco4)cc3)n2)cc1. The van der Waals surface area contributed by atoms with Crippen molar-refractivity contribution in [3.05, 3.63) is 89.7 Å². The summed E-state index contributed by atoms with van der Waals surface area (Å²) in [5, 5.41) is 5.08. The number of nitrogens with zero attached hydrogens (tertiary/aromatic N) is 1. The van der Waals surface area contributed by atoms with Gasteiger partial charge in [0.2, 0.25) is 5.91 Å². The summed E-state index contributed by atoms with van der Waals surface area (Å²) in [7, 11) is -1.90. The lowest BCUT2D eigenvalue weighted by Crippen LogP contribution is -2.07. The van der Waals surface area contributed by atoms with E-state index >= 15 is 0 Å². The van der Waals surface area contributed by atoms with Crippen molar-refractivity contribution >= 4 is 38.3 Å². The standard InChI is InChI=1S/C24H20N2O5S2/c1-30-19-9-7-18(8-10-19)22-15-32-24(25-22)26-23(27)13-6-17-4-11-21(12-5-17)33(28,29)16-20-3-2-14-31-20/h2-15H,16H2,1H3,(H,25,26,27)/b13-6+. The molecule has 9 heteroatoms. The Morgan fingerprint density at radius 1 is 1.12 bits per heavy atom. The van der Waals surface area contributed by atoms with E-state index < -0.39 is 9.84 Å². The van der Waals surface area contributed by atoms with Crippen LogP contribution in [0, 0.1) is 0 Å². The van der Waals surface area contributed by atoms with Crippen molar-refractivity contribution in [2.24, 2.45) is 0 Å². The minimum atomic E-state index is -3.51. The summed E-state index contributed by atoms with van der Waals surface area (Å²) >= 11 is 1.33. The minimum absolute atomic E-state index is 0.189. The zero-order valence-corrected chi connectivity index (χ0v) is 19.2. The number of hydrogen-bond acceptors (Lipinski definition) is 7. The minimum Gasteiger partial charge on any atom is -0.497 e. The van der Waals surface area contributed by atoms with E-state index in [2.05, 4.69) is 10.3 Å². The number of carbonyl (C=O) groups is 1. The highest BCUT2D eigenvalue weighted by Crippen LogP contribution is 2.26. The van der Waals surface area contributed by atoms with Gasteiger partial charge in [0.15, 0.2) is 15.0 Å². The average Bonchev–Trinajstić information content (AvgIpc) is 3.50. The molecule has 4 aromatic rings. The number of sulfone groups is 1. The number of benzene rings is 2. The summed E-state index contributed by atoms with van der Waals surface area (Å²) in [6, 6.07) is 17.1. The fourth-order valence-corrected chi connectivity index (χ4v) is 4.97. The predicted molar refractivity (Wildman–Crippen MR) is 128 cm³/mol. The van der Waals surface area contributed by atoms with Crippen LogP contribution in [-0.4, -0.2) is 26.4 Å². The molecule has 0 spiro atoms. The van der Waals surface area contributed by atoms with Crippen LogP contribution < -0.4 is 10.1 Å². The van der Waals surface area contributed by atoms with Gasteiger partial charge in [0.1, 0.15) is 17.3 Å². The van der Waals surface area contributed by atoms with Gasteiger partial charge in [0.25, 0.3) is 0 Å². The number of methoxy groups -OCH3 is 1. The molecule has 2 aromatic heterocycles. The third kappa shape index (κ3) is 5.76. The van der Waals surface area contributed by atoms with Crippen molar-refractivity contribution in [1.29, 1.82) is 0 Å². The second kappa shape index (κ2) is 9.85. The van der Waals surface area contributed by atoms with Gasteiger partial charge in [-0.25, -0.2) is 13.4 Å². The van der Waals surface area contributed by atoms with Gasteiger partial charge >= 0.3 is 0 Å². The van der Waals surface area contributed by atoms with Crippen LogP contribution in [0.25, 0.3) is 17.3 Å². The Labute approximate surface area is 195 Å². The first-order chi connectivity index (χ1) is 15.9. The van der Waals surface area contributed by atoms with Gasteiger partial charge in [0, 0.05) is 17.0 Å². The molecule has 0 saturated carbocycles. The third-order valence-corrected chi connectivity index (χ3v) is 7.11. The van der Waals surface area contributed by atoms with Crippen molar-refractivity contribution in [2.45, 2.75) is 10.6 Å². The molecule has 0 bridgehead atoms. The zero-order chi connectivity index (χ0) is 23.3. The molecule has 2 aromatic carbocycles. The fraction of sp³-hybridized carbons (Fsp3) is 0.0833. The maximum atomic E-state index is 12.5. The number of amides is 1. The summed E-state index contributed by atoms with van der Waals surface area (Å²) in [5.41, 5.74) is 2.37. The molecule has 1 N–H and O–H groups in total. The summed E-state index contributed by atoms with van der Waals surface area (Å²) in [6.45, 7) is 0. The Bertz CT molecular complexity index is 1360. The molecule has 1 amide bonds. The fourth-order valence-electron chi connectivity index (χ4n) is 3.00. The third-order valence-electron chi connectivity index (χ3n) is 4.70. The normalized spacial score (nSPS) is 11.5. The molecule has 0 unspecified atom stereocenters. The lowest BCUT2D eigenvalue weighted by molar-refractivity contribution is -0.111. The van der Waals surface area contributed by atoms with Crippen molar-refractivity contribution in [1.82, 2.24) is 4.98 Å². The molecule has 0 radical (unpaired) electrons. The number of ether oxygens (including phenoxy) is 1. The number of carbonyl (C=O) groups excluding carboxylic acids is 1. The monoisotopic (exact) mass is 480 g/mol. The average molecular weight is 481 g/mol. The van der Waals surface area contributed by atoms with Gasteiger partial charge in [-0.2, -0.15) is 0 Å². The van der Waals surface area contributed by atoms with E-state index in [0.29, 0.717) is 16.5 Å². The van der Waals surface area contributed by atoms with Gasteiger partial charge in [-0.3, -0.25) is 10.1 Å². The molecule has 0 aliphatic carbocycles. The molecule has 0 saturated heterocycles. The summed E-state index contributed by atoms with van der Waals surface area (Å²) < 4.78 is 35.2. The van der Waals surface area contributed by atoms with E-state index in [1.807, 2.05) is 29.6 Å². The van der Waals surface area contributed by atoms with E-state index in [0.717, 1.165) is 17.0 Å². The van der Waals surface area contributed by atoms with E-state index in [1.54, 1.807) is 37.5 Å². The topological polar surface area (TPSA) is 98.5 Å². The molecular weight excluding hydrogens is 460 g/mol. The highest BCUT2D eigenvalue weighted by molar-refractivity contribution is 7.90. The van der Waals surface area contributed by atoms with Crippen LogP contribution in [0.5, 0.6) is 5.75 Å². The Balaban J connectivity index is 1.36. The molecule has 0 aliphatic heterocycles. The quantitative estimate of drug-likeness (QED) is 0.355. The smallest absolute Gasteiger partial charge is 0.250 e. The first-order valence-corrected chi connectivity index (χ1v) is 12.4. The lowest BCUT2D eigenvalue weighted by atomic mass is 10.2. The van der Waals surface area contributed by atoms with E-state index in [-0.39, 0.29) is 16.6 Å². The number of hydrogen-bond donors (Lipinski definition) is 1. The van der Waals surface area contributed by atoms with Crippen LogP contribution in [-0.2, 0) is 20.4 Å². The highest BCUT2D eigenvalue weighted by Gasteiger charge is 2.16. The van der Waals surface area contributed by atoms with E-state index in [1.165, 1.54) is 35.8 Å². The molecule has 2 heterocycles. The molecule has 0 aliphatic rings. The summed E-state index contributed by atoms with van der Waals surface area (Å²) in [5.74, 6) is 0.605. The lowest BCUT2D eigenvalue weighted by Gasteiger charge is -2.03. The van der Waals surface area contributed by atoms with Gasteiger partial charge < -0.3 is 9.15 Å². The number of rotatable bonds is 8. The molecule has 0 atom stereocenters. The van der Waals surface area contributed by atoms with Crippen LogP contribution >= 0.6 is 11.3 Å². The van der Waals surface area contributed by atoms with Crippen LogP contribution in [0.4, 0.5) is 5.13 Å². The first-order valence-electron chi connectivity index (χ1n) is 9.87. The van der Waals surface area contributed by atoms with Crippen molar-refractivity contribution in [3.8, 4) is 17.0 Å². The number of anilines is 1. The Kier molecular flexibility index (Phi) is 6.71. The van der Waals surface area contributed by atoms with Gasteiger partial charge in [0.05, 0.1) is 24.0 Å².